The van der Waals surface area contributed by atoms with E-state index in [4.69, 9.17) is 4.74 Å². The number of amides is 1. The van der Waals surface area contributed by atoms with E-state index in [9.17, 15) is 9.90 Å². The van der Waals surface area contributed by atoms with E-state index in [-0.39, 0.29) is 23.2 Å². The largest absolute Gasteiger partial charge is 0.870 e. The highest BCUT2D eigenvalue weighted by atomic mass is 32.2. The number of carbonyl (C=O) groups excluding carboxylic acids is 1. The topological polar surface area (TPSA) is 93.4 Å². The molecule has 0 fully saturated rings. The molecule has 2 N–H and O–H groups in total. The monoisotopic (exact) mass is 460 g/mol. The summed E-state index contributed by atoms with van der Waals surface area (Å²) < 4.78 is 7.18. The third kappa shape index (κ3) is 5.35. The number of hydrogen-bond donors (Lipinski definition) is 2. The van der Waals surface area contributed by atoms with Crippen LogP contribution < -0.4 is 19.8 Å². The van der Waals surface area contributed by atoms with Crippen molar-refractivity contribution in [1.82, 2.24) is 10.4 Å². The van der Waals surface area contributed by atoms with Gasteiger partial charge in [0.1, 0.15) is 12.3 Å². The number of aromatic nitrogens is 2. The van der Waals surface area contributed by atoms with E-state index >= 15 is 0 Å². The van der Waals surface area contributed by atoms with Crippen LogP contribution in [0.1, 0.15) is 16.7 Å². The first-order chi connectivity index (χ1) is 16.0. The number of hydrogen-bond acceptors (Lipinski definition) is 5. The normalized spacial score (nSPS) is 11.2. The Hall–Kier alpha value is -3.78. The van der Waals surface area contributed by atoms with E-state index in [1.54, 1.807) is 18.2 Å². The van der Waals surface area contributed by atoms with E-state index in [1.165, 1.54) is 36.2 Å². The number of benzene rings is 3. The van der Waals surface area contributed by atoms with Crippen LogP contribution in [0.25, 0.3) is 11.0 Å². The number of hydrazone groups is 1. The van der Waals surface area contributed by atoms with Crippen molar-refractivity contribution in [2.75, 3.05) is 12.9 Å². The van der Waals surface area contributed by atoms with Crippen LogP contribution in [-0.4, -0.2) is 30.0 Å². The molecule has 0 bridgehead atoms. The van der Waals surface area contributed by atoms with Gasteiger partial charge in [-0.15, -0.1) is 0 Å². The summed E-state index contributed by atoms with van der Waals surface area (Å²) >= 11 is 1.40. The number of aromatic amines is 1. The molecule has 0 aliphatic carbocycles. The van der Waals surface area contributed by atoms with Crippen molar-refractivity contribution in [3.63, 3.8) is 0 Å². The van der Waals surface area contributed by atoms with Gasteiger partial charge in [-0.3, -0.25) is 4.79 Å². The average molecular weight is 461 g/mol. The van der Waals surface area contributed by atoms with Gasteiger partial charge in [0.2, 0.25) is 0 Å². The highest BCUT2D eigenvalue weighted by Gasteiger charge is 2.20. The van der Waals surface area contributed by atoms with Gasteiger partial charge < -0.3 is 9.84 Å². The minimum absolute atomic E-state index is 0.167. The van der Waals surface area contributed by atoms with Crippen LogP contribution in [0.4, 0.5) is 0 Å². The quantitative estimate of drug-likeness (QED) is 0.183. The van der Waals surface area contributed by atoms with Crippen LogP contribution in [0, 0.1) is 6.92 Å². The van der Waals surface area contributed by atoms with Gasteiger partial charge in [-0.05, 0) is 48.0 Å². The minimum atomic E-state index is -0.275. The first kappa shape index (κ1) is 22.4. The fourth-order valence-electron chi connectivity index (χ4n) is 3.39. The van der Waals surface area contributed by atoms with Crippen molar-refractivity contribution in [2.24, 2.45) is 5.10 Å². The molecule has 0 unspecified atom stereocenters. The molecule has 4 rings (SSSR count). The lowest BCUT2D eigenvalue weighted by molar-refractivity contribution is -0.700. The number of nitrogens with one attached hydrogen (secondary N) is 2. The van der Waals surface area contributed by atoms with Crippen LogP contribution >= 0.6 is 11.8 Å². The summed E-state index contributed by atoms with van der Waals surface area (Å²) in [5.74, 6) is -0.145. The number of rotatable bonds is 8. The average Bonchev–Trinajstić information content (AvgIpc) is 3.17. The molecule has 1 amide bonds. The molecule has 7 nitrogen and oxygen atoms in total. The minimum Gasteiger partial charge on any atom is -0.870 e. The predicted molar refractivity (Wildman–Crippen MR) is 128 cm³/mol. The Kier molecular flexibility index (Phi) is 6.95. The zero-order valence-corrected chi connectivity index (χ0v) is 19.2. The number of H-pyrrole nitrogens is 1. The Bertz CT molecular complexity index is 1300. The smallest absolute Gasteiger partial charge is 0.317 e. The fraction of sp³-hybridized carbons (Fsp3) is 0.160. The number of thioether (sulfide) groups is 1. The SMILES string of the molecule is COc1cccc(/C=N/NC(=O)CSc2[nH]c3ccccc3[n+]2Cc2ccc(C)cc2)c1[O-]. The maximum absolute atomic E-state index is 12.4. The molecule has 0 saturated carbocycles. The molecule has 0 aliphatic rings. The Morgan fingerprint density at radius 1 is 1.15 bits per heavy atom. The van der Waals surface area contributed by atoms with Crippen LogP contribution in [0.2, 0.25) is 0 Å². The van der Waals surface area contributed by atoms with Gasteiger partial charge in [0, 0.05) is 0 Å². The Labute approximate surface area is 196 Å². The number of para-hydroxylation sites is 3. The van der Waals surface area contributed by atoms with E-state index in [1.807, 2.05) is 18.2 Å². The van der Waals surface area contributed by atoms with Gasteiger partial charge in [-0.25, -0.2) is 15.0 Å². The lowest BCUT2D eigenvalue weighted by atomic mass is 10.1. The van der Waals surface area contributed by atoms with Crippen molar-refractivity contribution >= 4 is 34.9 Å². The predicted octanol–water partition coefficient (Wildman–Crippen LogP) is 3.14. The molecular formula is C25H24N4O3S. The lowest BCUT2D eigenvalue weighted by Crippen LogP contribution is -2.36. The standard InChI is InChI=1S/C25H24N4O3S/c1-17-10-12-18(13-11-17)15-29-21-8-4-3-7-20(21)27-25(29)33-16-23(30)28-26-14-19-6-5-9-22(32-2)24(19)31/h3-14H,15-16H2,1-2H3,(H2,26,28,30,31). The molecule has 168 valence electrons. The van der Waals surface area contributed by atoms with Gasteiger partial charge in [0.25, 0.3) is 5.91 Å². The van der Waals surface area contributed by atoms with Crippen LogP contribution in [0.5, 0.6) is 11.5 Å². The second kappa shape index (κ2) is 10.2. The first-order valence-corrected chi connectivity index (χ1v) is 11.4. The second-order valence-electron chi connectivity index (χ2n) is 7.48. The maximum atomic E-state index is 12.4. The summed E-state index contributed by atoms with van der Waals surface area (Å²) in [6, 6.07) is 21.4. The Balaban J connectivity index is 1.44. The van der Waals surface area contributed by atoms with Crippen molar-refractivity contribution in [3.8, 4) is 11.5 Å². The van der Waals surface area contributed by atoms with E-state index in [2.05, 4.69) is 57.3 Å². The molecule has 4 aromatic rings. The molecule has 8 heteroatoms. The van der Waals surface area contributed by atoms with Gasteiger partial charge in [-0.2, -0.15) is 5.10 Å². The number of nitrogens with zero attached hydrogens (tertiary/aromatic N) is 2. The van der Waals surface area contributed by atoms with Crippen molar-refractivity contribution in [2.45, 2.75) is 18.6 Å². The highest BCUT2D eigenvalue weighted by Crippen LogP contribution is 2.25. The maximum Gasteiger partial charge on any atom is 0.317 e. The highest BCUT2D eigenvalue weighted by molar-refractivity contribution is 7.99. The third-order valence-corrected chi connectivity index (χ3v) is 6.11. The fourth-order valence-corrected chi connectivity index (χ4v) is 4.22. The zero-order chi connectivity index (χ0) is 23.2. The third-order valence-electron chi connectivity index (χ3n) is 5.11. The number of aryl methyl sites for hydroxylation is 1. The summed E-state index contributed by atoms with van der Waals surface area (Å²) in [4.78, 5) is 15.8. The molecular weight excluding hydrogens is 436 g/mol. The summed E-state index contributed by atoms with van der Waals surface area (Å²) in [7, 11) is 1.44. The summed E-state index contributed by atoms with van der Waals surface area (Å²) in [5, 5.41) is 16.9. The van der Waals surface area contributed by atoms with Crippen LogP contribution in [0.15, 0.2) is 77.0 Å². The van der Waals surface area contributed by atoms with Gasteiger partial charge in [0.15, 0.2) is 11.0 Å². The Morgan fingerprint density at radius 3 is 2.73 bits per heavy atom. The number of fused-ring (bicyclic) bond motifs is 1. The molecule has 3 aromatic carbocycles. The van der Waals surface area contributed by atoms with Crippen LogP contribution in [-0.2, 0) is 11.3 Å². The summed E-state index contributed by atoms with van der Waals surface area (Å²) in [5.41, 5.74) is 7.29. The molecule has 0 aliphatic heterocycles. The summed E-state index contributed by atoms with van der Waals surface area (Å²) in [6.07, 6.45) is 1.33. The molecule has 33 heavy (non-hydrogen) atoms. The van der Waals surface area contributed by atoms with Crippen molar-refractivity contribution < 1.29 is 19.2 Å². The van der Waals surface area contributed by atoms with Gasteiger partial charge in [0.05, 0.1) is 19.1 Å². The molecule has 1 heterocycles. The van der Waals surface area contributed by atoms with Gasteiger partial charge in [-0.1, -0.05) is 59.8 Å². The zero-order valence-electron chi connectivity index (χ0n) is 18.4. The molecule has 0 spiro atoms. The molecule has 0 saturated heterocycles. The first-order valence-electron chi connectivity index (χ1n) is 10.4. The van der Waals surface area contributed by atoms with E-state index < -0.39 is 0 Å². The second-order valence-corrected chi connectivity index (χ2v) is 8.44. The summed E-state index contributed by atoms with van der Waals surface area (Å²) in [6.45, 7) is 2.76. The number of methoxy groups -OCH3 is 1. The molecule has 0 atom stereocenters. The number of ether oxygens (including phenoxy) is 1. The Morgan fingerprint density at radius 2 is 1.94 bits per heavy atom. The van der Waals surface area contributed by atoms with Crippen molar-refractivity contribution in [1.29, 1.82) is 0 Å². The molecule has 1 aromatic heterocycles. The number of carbonyl (C=O) groups is 1. The molecule has 0 radical (unpaired) electrons. The van der Waals surface area contributed by atoms with Gasteiger partial charge >= 0.3 is 5.16 Å². The van der Waals surface area contributed by atoms with E-state index in [0.717, 1.165) is 16.2 Å². The van der Waals surface area contributed by atoms with E-state index in [0.29, 0.717) is 12.1 Å². The van der Waals surface area contributed by atoms with Crippen molar-refractivity contribution in [3.05, 3.63) is 83.4 Å². The van der Waals surface area contributed by atoms with Crippen LogP contribution in [0.3, 0.4) is 0 Å². The lowest BCUT2D eigenvalue weighted by Gasteiger charge is -2.14. The number of imidazole rings is 1.